The van der Waals surface area contributed by atoms with Crippen molar-refractivity contribution in [1.29, 1.82) is 0 Å². The van der Waals surface area contributed by atoms with E-state index in [1.807, 2.05) is 0 Å². The molecule has 0 aromatic rings. The molecule has 0 amide bonds. The summed E-state index contributed by atoms with van der Waals surface area (Å²) >= 11 is 3.78. The van der Waals surface area contributed by atoms with Crippen molar-refractivity contribution >= 4 is 31.1 Å². The first-order valence-corrected chi connectivity index (χ1v) is 13.4. The van der Waals surface area contributed by atoms with E-state index in [0.29, 0.717) is 0 Å². The molecule has 0 aliphatic heterocycles. The highest BCUT2D eigenvalue weighted by Crippen LogP contribution is 2.27. The summed E-state index contributed by atoms with van der Waals surface area (Å²) in [6.45, 7) is 12.1. The van der Waals surface area contributed by atoms with Crippen molar-refractivity contribution in [1.82, 2.24) is 0 Å². The van der Waals surface area contributed by atoms with E-state index in [1.165, 1.54) is 49.5 Å². The predicted octanol–water partition coefficient (Wildman–Crippen LogP) is 6.71. The van der Waals surface area contributed by atoms with Gasteiger partial charge in [-0.25, -0.2) is 0 Å². The highest BCUT2D eigenvalue weighted by atomic mass is 79.9. The van der Waals surface area contributed by atoms with Gasteiger partial charge in [0.15, 0.2) is 0 Å². The maximum atomic E-state index is 3.66. The Morgan fingerprint density at radius 3 is 1.74 bits per heavy atom. The van der Waals surface area contributed by atoms with Gasteiger partial charge in [0.05, 0.1) is 0 Å². The van der Waals surface area contributed by atoms with Crippen LogP contribution < -0.4 is 0 Å². The topological polar surface area (TPSA) is 0 Å². The van der Waals surface area contributed by atoms with Crippen molar-refractivity contribution < 1.29 is 0 Å². The van der Waals surface area contributed by atoms with E-state index in [-0.39, 0.29) is 18.2 Å². The molecule has 4 atom stereocenters. The van der Waals surface area contributed by atoms with Gasteiger partial charge in [-0.3, -0.25) is 0 Å². The summed E-state index contributed by atoms with van der Waals surface area (Å²) in [5.74, 6) is 3.69. The van der Waals surface area contributed by atoms with Gasteiger partial charge in [-0.15, -0.1) is 4.55 Å². The zero-order valence-electron chi connectivity index (χ0n) is 14.1. The van der Waals surface area contributed by atoms with E-state index in [0.717, 1.165) is 23.7 Å². The molecular formula is C17H35BrMg. The fraction of sp³-hybridized carbons (Fsp3) is 1.00. The van der Waals surface area contributed by atoms with E-state index in [2.05, 4.69) is 47.5 Å². The van der Waals surface area contributed by atoms with Crippen LogP contribution in [0.1, 0.15) is 79.6 Å². The quantitative estimate of drug-likeness (QED) is 0.273. The number of rotatable bonds is 12. The van der Waals surface area contributed by atoms with Gasteiger partial charge in [-0.1, -0.05) is 60.3 Å². The molecule has 0 heterocycles. The molecule has 19 heavy (non-hydrogen) atoms. The molecule has 0 fully saturated rings. The lowest BCUT2D eigenvalue weighted by Gasteiger charge is -2.22. The third kappa shape index (κ3) is 12.7. The molecule has 2 heteroatoms. The van der Waals surface area contributed by atoms with Crippen LogP contribution in [-0.2, 0) is 0 Å². The van der Waals surface area contributed by atoms with Crippen LogP contribution in [0, 0.1) is 23.7 Å². The van der Waals surface area contributed by atoms with Gasteiger partial charge < -0.3 is 12.9 Å². The zero-order valence-corrected chi connectivity index (χ0v) is 17.1. The lowest BCUT2D eigenvalue weighted by Crippen LogP contribution is -2.10. The highest BCUT2D eigenvalue weighted by molar-refractivity contribution is 9.23. The molecule has 112 valence electrons. The lowest BCUT2D eigenvalue weighted by molar-refractivity contribution is 0.295. The first-order chi connectivity index (χ1) is 8.99. The molecule has 0 N–H and O–H groups in total. The molecule has 0 aliphatic rings. The van der Waals surface area contributed by atoms with Crippen LogP contribution in [0.25, 0.3) is 0 Å². The SMILES string of the molecule is CCCC(C)CC(C)CC(C)CC(C)CC[CH2][Mg][Br]. The van der Waals surface area contributed by atoms with Crippen molar-refractivity contribution in [3.05, 3.63) is 0 Å². The Morgan fingerprint density at radius 1 is 0.789 bits per heavy atom. The van der Waals surface area contributed by atoms with Gasteiger partial charge in [0.2, 0.25) is 0 Å². The van der Waals surface area contributed by atoms with Gasteiger partial charge in [-0.05, 0) is 42.9 Å². The Labute approximate surface area is 138 Å². The molecule has 0 spiro atoms. The summed E-state index contributed by atoms with van der Waals surface area (Å²) in [6, 6.07) is 0. The standard InChI is InChI=1S/C17H35.BrH.Mg/c1-7-9-14(3)11-16(5)13-17(6)12-15(4)10-8-2;;/h14-17H,1,7-13H2,2-6H3;1H;/q;;+1/p-1. The second kappa shape index (κ2) is 12.9. The molecule has 0 aliphatic carbocycles. The highest BCUT2D eigenvalue weighted by Gasteiger charge is 2.14. The predicted molar refractivity (Wildman–Crippen MR) is 94.1 cm³/mol. The van der Waals surface area contributed by atoms with Crippen molar-refractivity contribution in [2.24, 2.45) is 23.7 Å². The largest absolute Gasteiger partial charge is 0.468 e. The Morgan fingerprint density at radius 2 is 1.26 bits per heavy atom. The summed E-state index contributed by atoms with van der Waals surface area (Å²) in [5.41, 5.74) is 0. The van der Waals surface area contributed by atoms with Crippen LogP contribution in [0.15, 0.2) is 0 Å². The molecule has 0 aromatic heterocycles. The normalized spacial score (nSPS) is 17.6. The maximum absolute atomic E-state index is 3.66. The Bertz CT molecular complexity index is 196. The second-order valence-corrected chi connectivity index (χ2v) is 10.6. The van der Waals surface area contributed by atoms with Crippen LogP contribution in [-0.4, -0.2) is 18.2 Å². The maximum Gasteiger partial charge on any atom is 0.468 e. The molecule has 0 saturated heterocycles. The average Bonchev–Trinajstić information content (AvgIpc) is 2.28. The molecule has 0 rings (SSSR count). The number of hydrogen-bond acceptors (Lipinski definition) is 0. The van der Waals surface area contributed by atoms with Gasteiger partial charge in [0.1, 0.15) is 0 Å². The second-order valence-electron chi connectivity index (χ2n) is 7.10. The molecule has 0 radical (unpaired) electrons. The smallest absolute Gasteiger partial charge is 0.307 e. The van der Waals surface area contributed by atoms with Crippen LogP contribution in [0.4, 0.5) is 0 Å². The monoisotopic (exact) mass is 342 g/mol. The molecule has 0 nitrogen and oxygen atoms in total. The summed E-state index contributed by atoms with van der Waals surface area (Å²) in [7, 11) is 0. The first kappa shape index (κ1) is 20.2. The van der Waals surface area contributed by atoms with E-state index in [4.69, 9.17) is 0 Å². The molecular weight excluding hydrogens is 308 g/mol. The van der Waals surface area contributed by atoms with Gasteiger partial charge in [-0.2, -0.15) is 0 Å². The summed E-state index contributed by atoms with van der Waals surface area (Å²) in [6.07, 6.45) is 9.96. The zero-order chi connectivity index (χ0) is 14.7. The van der Waals surface area contributed by atoms with Crippen molar-refractivity contribution in [2.45, 2.75) is 84.1 Å². The van der Waals surface area contributed by atoms with E-state index in [1.54, 1.807) is 0 Å². The van der Waals surface area contributed by atoms with E-state index in [9.17, 15) is 0 Å². The summed E-state index contributed by atoms with van der Waals surface area (Å²) in [4.78, 5) is 0. The molecule has 0 aromatic carbocycles. The van der Waals surface area contributed by atoms with Crippen molar-refractivity contribution in [3.8, 4) is 0 Å². The fourth-order valence-corrected chi connectivity index (χ4v) is 5.24. The van der Waals surface area contributed by atoms with Gasteiger partial charge in [0, 0.05) is 0 Å². The van der Waals surface area contributed by atoms with Gasteiger partial charge >= 0.3 is 18.2 Å². The molecule has 4 unspecified atom stereocenters. The summed E-state index contributed by atoms with van der Waals surface area (Å²) < 4.78 is 1.48. The third-order valence-corrected chi connectivity index (χ3v) is 6.73. The van der Waals surface area contributed by atoms with Crippen LogP contribution in [0.3, 0.4) is 0 Å². The minimum absolute atomic E-state index is 0.120. The fourth-order valence-electron chi connectivity index (χ4n) is 3.57. The van der Waals surface area contributed by atoms with Crippen molar-refractivity contribution in [3.63, 3.8) is 0 Å². The number of hydrogen-bond donors (Lipinski definition) is 0. The van der Waals surface area contributed by atoms with E-state index < -0.39 is 0 Å². The van der Waals surface area contributed by atoms with Crippen LogP contribution in [0.2, 0.25) is 4.55 Å². The molecule has 0 saturated carbocycles. The Balaban J connectivity index is 3.73. The lowest BCUT2D eigenvalue weighted by atomic mass is 9.84. The average molecular weight is 344 g/mol. The minimum atomic E-state index is 0.120. The summed E-state index contributed by atoms with van der Waals surface area (Å²) in [5, 5.41) is 0. The van der Waals surface area contributed by atoms with Crippen molar-refractivity contribution in [2.75, 3.05) is 0 Å². The first-order valence-electron chi connectivity index (χ1n) is 8.55. The Hall–Kier alpha value is 1.25. The van der Waals surface area contributed by atoms with Crippen LogP contribution >= 0.6 is 12.9 Å². The number of halogens is 1. The minimum Gasteiger partial charge on any atom is -0.307 e. The van der Waals surface area contributed by atoms with Crippen LogP contribution in [0.5, 0.6) is 0 Å². The third-order valence-electron chi connectivity index (χ3n) is 4.28. The molecule has 0 bridgehead atoms. The van der Waals surface area contributed by atoms with E-state index >= 15 is 0 Å². The Kier molecular flexibility index (Phi) is 13.8. The van der Waals surface area contributed by atoms with Gasteiger partial charge in [0.25, 0.3) is 0 Å².